The van der Waals surface area contributed by atoms with E-state index in [-0.39, 0.29) is 29.4 Å². The molecule has 0 unspecified atom stereocenters. The maximum atomic E-state index is 14.5. The number of allylic oxidation sites excluding steroid dienone is 2. The summed E-state index contributed by atoms with van der Waals surface area (Å²) in [6.07, 6.45) is -1.19. The molecule has 2 aromatic rings. The minimum Gasteiger partial charge on any atom is -0.457 e. The molecule has 0 spiro atoms. The Hall–Kier alpha value is -4.07. The van der Waals surface area contributed by atoms with Crippen molar-refractivity contribution in [2.45, 2.75) is 6.18 Å². The SMILES string of the molecule is N#Cc1cc(Oc2ccc(NC3=C(C(F)(F)F)N(C(N)=O)CC=C3)c(F)c2)ccn1. The number of amides is 2. The summed E-state index contributed by atoms with van der Waals surface area (Å²) in [5.74, 6) is -0.618. The van der Waals surface area contributed by atoms with Gasteiger partial charge in [-0.25, -0.2) is 14.2 Å². The largest absolute Gasteiger partial charge is 0.457 e. The fourth-order valence-corrected chi connectivity index (χ4v) is 2.68. The predicted octanol–water partition coefficient (Wildman–Crippen LogP) is 4.02. The molecule has 1 aliphatic heterocycles. The Morgan fingerprint density at radius 3 is 2.63 bits per heavy atom. The molecule has 2 amide bonds. The van der Waals surface area contributed by atoms with E-state index in [0.29, 0.717) is 4.90 Å². The van der Waals surface area contributed by atoms with Gasteiger partial charge in [0.2, 0.25) is 0 Å². The van der Waals surface area contributed by atoms with Gasteiger partial charge in [-0.1, -0.05) is 6.08 Å². The fourth-order valence-electron chi connectivity index (χ4n) is 2.68. The second kappa shape index (κ2) is 8.12. The van der Waals surface area contributed by atoms with E-state index < -0.39 is 29.4 Å². The first-order valence-corrected chi connectivity index (χ1v) is 8.34. The van der Waals surface area contributed by atoms with Crippen molar-refractivity contribution in [2.24, 2.45) is 5.73 Å². The average molecular weight is 419 g/mol. The number of pyridine rings is 1. The van der Waals surface area contributed by atoms with E-state index in [4.69, 9.17) is 15.7 Å². The molecular weight excluding hydrogens is 406 g/mol. The average Bonchev–Trinajstić information content (AvgIpc) is 2.69. The second-order valence-corrected chi connectivity index (χ2v) is 5.97. The summed E-state index contributed by atoms with van der Waals surface area (Å²) >= 11 is 0. The van der Waals surface area contributed by atoms with Crippen LogP contribution in [0.5, 0.6) is 11.5 Å². The topological polar surface area (TPSA) is 104 Å². The number of benzene rings is 1. The summed E-state index contributed by atoms with van der Waals surface area (Å²) in [5.41, 5.74) is 3.00. The number of hydrogen-bond donors (Lipinski definition) is 2. The molecule has 0 atom stereocenters. The highest BCUT2D eigenvalue weighted by atomic mass is 19.4. The summed E-state index contributed by atoms with van der Waals surface area (Å²) in [6.45, 7) is -0.360. The third kappa shape index (κ3) is 4.49. The number of hydrogen-bond acceptors (Lipinski definition) is 5. The number of primary amides is 1. The van der Waals surface area contributed by atoms with Crippen molar-refractivity contribution in [3.05, 3.63) is 71.6 Å². The van der Waals surface area contributed by atoms with Crippen LogP contribution < -0.4 is 15.8 Å². The number of alkyl halides is 3. The molecule has 0 aliphatic carbocycles. The summed E-state index contributed by atoms with van der Waals surface area (Å²) in [4.78, 5) is 15.5. The number of urea groups is 1. The zero-order valence-electron chi connectivity index (χ0n) is 15.1. The summed E-state index contributed by atoms with van der Waals surface area (Å²) in [5, 5.41) is 11.2. The third-order valence-corrected chi connectivity index (χ3v) is 3.92. The molecule has 0 saturated heterocycles. The highest BCUT2D eigenvalue weighted by Gasteiger charge is 2.42. The van der Waals surface area contributed by atoms with Gasteiger partial charge in [0, 0.05) is 24.9 Å². The number of nitriles is 1. The molecule has 3 rings (SSSR count). The zero-order chi connectivity index (χ0) is 21.9. The van der Waals surface area contributed by atoms with E-state index in [1.54, 1.807) is 0 Å². The van der Waals surface area contributed by atoms with Gasteiger partial charge in [0.15, 0.2) is 5.70 Å². The number of anilines is 1. The first-order chi connectivity index (χ1) is 14.2. The molecule has 30 heavy (non-hydrogen) atoms. The van der Waals surface area contributed by atoms with Gasteiger partial charge in [-0.2, -0.15) is 18.4 Å². The predicted molar refractivity (Wildman–Crippen MR) is 97.6 cm³/mol. The first-order valence-electron chi connectivity index (χ1n) is 8.34. The second-order valence-electron chi connectivity index (χ2n) is 5.97. The van der Waals surface area contributed by atoms with Crippen molar-refractivity contribution >= 4 is 11.7 Å². The Bertz CT molecular complexity index is 1090. The molecule has 1 aromatic heterocycles. The van der Waals surface area contributed by atoms with E-state index in [9.17, 15) is 22.4 Å². The molecule has 1 aromatic carbocycles. The van der Waals surface area contributed by atoms with Crippen LogP contribution in [0.25, 0.3) is 0 Å². The van der Waals surface area contributed by atoms with Gasteiger partial charge in [0.05, 0.1) is 11.4 Å². The van der Waals surface area contributed by atoms with Crippen LogP contribution in [-0.2, 0) is 0 Å². The minimum atomic E-state index is -4.90. The number of rotatable bonds is 4. The van der Waals surface area contributed by atoms with Gasteiger partial charge in [0.1, 0.15) is 29.1 Å². The molecule has 7 nitrogen and oxygen atoms in total. The Balaban J connectivity index is 1.88. The van der Waals surface area contributed by atoms with Crippen LogP contribution in [0.3, 0.4) is 0 Å². The van der Waals surface area contributed by atoms with Crippen LogP contribution >= 0.6 is 0 Å². The highest BCUT2D eigenvalue weighted by Crippen LogP contribution is 2.35. The molecule has 154 valence electrons. The number of aromatic nitrogens is 1. The molecule has 0 radical (unpaired) electrons. The van der Waals surface area contributed by atoms with Gasteiger partial charge in [-0.15, -0.1) is 0 Å². The molecule has 0 bridgehead atoms. The van der Waals surface area contributed by atoms with Gasteiger partial charge >= 0.3 is 12.2 Å². The fraction of sp³-hybridized carbons (Fsp3) is 0.105. The van der Waals surface area contributed by atoms with Crippen LogP contribution in [0.1, 0.15) is 5.69 Å². The van der Waals surface area contributed by atoms with Crippen molar-refractivity contribution in [1.82, 2.24) is 9.88 Å². The highest BCUT2D eigenvalue weighted by molar-refractivity contribution is 5.76. The van der Waals surface area contributed by atoms with E-state index in [1.165, 1.54) is 36.5 Å². The number of ether oxygens (including phenoxy) is 1. The van der Waals surface area contributed by atoms with Crippen molar-refractivity contribution in [3.63, 3.8) is 0 Å². The standard InChI is InChI=1S/C19H13F4N5O2/c20-14-9-12(30-13-5-6-26-11(8-13)10-24)3-4-15(14)27-16-2-1-7-28(18(25)29)17(16)19(21,22)23/h1-6,8-9,27H,7H2,(H2,25,29). The van der Waals surface area contributed by atoms with Crippen LogP contribution in [0.2, 0.25) is 0 Å². The lowest BCUT2D eigenvalue weighted by atomic mass is 10.1. The van der Waals surface area contributed by atoms with E-state index in [2.05, 4.69) is 10.3 Å². The molecule has 0 fully saturated rings. The van der Waals surface area contributed by atoms with Crippen molar-refractivity contribution in [3.8, 4) is 17.6 Å². The molecule has 2 heterocycles. The Morgan fingerprint density at radius 2 is 2.00 bits per heavy atom. The van der Waals surface area contributed by atoms with Crippen molar-refractivity contribution in [2.75, 3.05) is 11.9 Å². The molecular formula is C19H13F4N5O2. The smallest absolute Gasteiger partial charge is 0.433 e. The quantitative estimate of drug-likeness (QED) is 0.729. The molecule has 11 heteroatoms. The van der Waals surface area contributed by atoms with Gasteiger partial charge in [0.25, 0.3) is 0 Å². The summed E-state index contributed by atoms with van der Waals surface area (Å²) < 4.78 is 60.3. The Labute approximate surface area is 167 Å². The Kier molecular flexibility index (Phi) is 5.59. The van der Waals surface area contributed by atoms with Crippen molar-refractivity contribution < 1.29 is 27.1 Å². The number of nitrogens with zero attached hydrogens (tertiary/aromatic N) is 3. The number of carbonyl (C=O) groups excluding carboxylic acids is 1. The van der Waals surface area contributed by atoms with Crippen LogP contribution in [-0.4, -0.2) is 28.6 Å². The normalized spacial score (nSPS) is 13.8. The van der Waals surface area contributed by atoms with Crippen LogP contribution in [0.4, 0.5) is 28.0 Å². The van der Waals surface area contributed by atoms with Gasteiger partial charge in [-0.05, 0) is 24.3 Å². The van der Waals surface area contributed by atoms with Gasteiger partial charge < -0.3 is 15.8 Å². The lowest BCUT2D eigenvalue weighted by Crippen LogP contribution is -2.43. The maximum absolute atomic E-state index is 14.5. The first kappa shape index (κ1) is 20.7. The molecule has 0 saturated carbocycles. The molecule has 3 N–H and O–H groups in total. The summed E-state index contributed by atoms with van der Waals surface area (Å²) in [7, 11) is 0. The Morgan fingerprint density at radius 1 is 1.27 bits per heavy atom. The lowest BCUT2D eigenvalue weighted by Gasteiger charge is -2.29. The number of nitrogens with two attached hydrogens (primary N) is 1. The number of nitrogens with one attached hydrogen (secondary N) is 1. The van der Waals surface area contributed by atoms with Gasteiger partial charge in [-0.3, -0.25) is 4.90 Å². The van der Waals surface area contributed by atoms with E-state index >= 15 is 0 Å². The minimum absolute atomic E-state index is 0.0520. The molecule has 1 aliphatic rings. The van der Waals surface area contributed by atoms with E-state index in [1.807, 2.05) is 6.07 Å². The van der Waals surface area contributed by atoms with Crippen LogP contribution in [0.15, 0.2) is 60.1 Å². The maximum Gasteiger partial charge on any atom is 0.433 e. The monoisotopic (exact) mass is 419 g/mol. The van der Waals surface area contributed by atoms with E-state index in [0.717, 1.165) is 12.1 Å². The number of carbonyl (C=O) groups is 1. The number of halogens is 4. The third-order valence-electron chi connectivity index (χ3n) is 3.92. The van der Waals surface area contributed by atoms with Crippen LogP contribution in [0, 0.1) is 17.1 Å². The summed E-state index contributed by atoms with van der Waals surface area (Å²) in [6, 6.07) is 6.80. The van der Waals surface area contributed by atoms with Crippen molar-refractivity contribution in [1.29, 1.82) is 5.26 Å². The lowest BCUT2D eigenvalue weighted by molar-refractivity contribution is -0.107. The zero-order valence-corrected chi connectivity index (χ0v) is 15.1.